The van der Waals surface area contributed by atoms with E-state index in [0.717, 1.165) is 26.2 Å². The molecule has 0 heterocycles. The fraction of sp³-hybridized carbons (Fsp3) is 0.294. The van der Waals surface area contributed by atoms with Crippen LogP contribution in [-0.2, 0) is 21.7 Å². The van der Waals surface area contributed by atoms with Gasteiger partial charge in [-0.3, -0.25) is 0 Å². The second kappa shape index (κ2) is 12.3. The zero-order valence-electron chi connectivity index (χ0n) is 24.0. The van der Waals surface area contributed by atoms with Gasteiger partial charge >= 0.3 is 0 Å². The first-order valence-electron chi connectivity index (χ1n) is 13.2. The summed E-state index contributed by atoms with van der Waals surface area (Å²) in [6, 6.07) is 29.5. The highest BCUT2D eigenvalue weighted by molar-refractivity contribution is 7.97. The lowest BCUT2D eigenvalue weighted by molar-refractivity contribution is 0.191. The molecule has 4 rings (SSSR count). The Morgan fingerprint density at radius 3 is 1.40 bits per heavy atom. The average Bonchev–Trinajstić information content (AvgIpc) is 2.91. The summed E-state index contributed by atoms with van der Waals surface area (Å²) in [5, 5.41) is 0. The van der Waals surface area contributed by atoms with Gasteiger partial charge in [-0.1, -0.05) is 59.7 Å². The third-order valence-corrected chi connectivity index (χ3v) is 8.79. The summed E-state index contributed by atoms with van der Waals surface area (Å²) in [6.07, 6.45) is 0. The summed E-state index contributed by atoms with van der Waals surface area (Å²) in [6.45, 7) is 11.3. The first-order chi connectivity index (χ1) is 19.0. The number of benzene rings is 4. The van der Waals surface area contributed by atoms with Crippen LogP contribution in [0.1, 0.15) is 52.7 Å². The van der Waals surface area contributed by atoms with Crippen molar-refractivity contribution in [1.29, 1.82) is 0 Å². The molecule has 0 aliphatic rings. The van der Waals surface area contributed by atoms with Gasteiger partial charge in [0, 0.05) is 6.07 Å². The minimum absolute atomic E-state index is 0.0422. The molecule has 0 saturated carbocycles. The molecule has 0 bridgehead atoms. The molecule has 4 aromatic carbocycles. The SMILES string of the molecule is CC(C)(C)c1ccc(Oc2ccc(C(C)(C)C)cc2[S+](c2ccc(OCF)cc2)c2ccc(OCF)cc2)cc1. The molecule has 0 radical (unpaired) electrons. The van der Waals surface area contributed by atoms with Crippen LogP contribution in [0, 0.1) is 0 Å². The van der Waals surface area contributed by atoms with E-state index >= 15 is 0 Å². The van der Waals surface area contributed by atoms with Crippen molar-refractivity contribution in [2.24, 2.45) is 0 Å². The van der Waals surface area contributed by atoms with Gasteiger partial charge < -0.3 is 14.2 Å². The maximum Gasteiger partial charge on any atom is 0.228 e. The minimum Gasteiger partial charge on any atom is -0.463 e. The lowest BCUT2D eigenvalue weighted by atomic mass is 9.87. The summed E-state index contributed by atoms with van der Waals surface area (Å²) in [4.78, 5) is 3.01. The van der Waals surface area contributed by atoms with Crippen molar-refractivity contribution in [3.05, 3.63) is 102 Å². The van der Waals surface area contributed by atoms with Crippen LogP contribution in [0.15, 0.2) is 106 Å². The van der Waals surface area contributed by atoms with Gasteiger partial charge in [0.1, 0.15) is 28.1 Å². The normalized spacial score (nSPS) is 11.9. The zero-order chi connectivity index (χ0) is 28.9. The first-order valence-corrected chi connectivity index (χ1v) is 14.5. The smallest absolute Gasteiger partial charge is 0.228 e. The highest BCUT2D eigenvalue weighted by Crippen LogP contribution is 2.42. The maximum atomic E-state index is 12.8. The largest absolute Gasteiger partial charge is 0.463 e. The molecule has 0 saturated heterocycles. The topological polar surface area (TPSA) is 27.7 Å². The van der Waals surface area contributed by atoms with Crippen LogP contribution in [0.3, 0.4) is 0 Å². The van der Waals surface area contributed by atoms with E-state index in [-0.39, 0.29) is 10.8 Å². The van der Waals surface area contributed by atoms with Gasteiger partial charge in [-0.25, -0.2) is 8.78 Å². The standard InChI is InChI=1S/C34H37F2O3S/c1-33(2,3)24-7-10-28(11-8-24)39-31-20-9-25(34(4,5)6)21-32(31)40(29-16-12-26(13-17-29)37-22-35)30-18-14-27(15-19-30)38-23-36/h7-21H,22-23H2,1-6H3/q+1. The molecule has 0 aliphatic carbocycles. The molecule has 0 amide bonds. The van der Waals surface area contributed by atoms with Crippen LogP contribution in [0.5, 0.6) is 23.0 Å². The zero-order valence-corrected chi connectivity index (χ0v) is 24.8. The molecule has 3 nitrogen and oxygen atoms in total. The first kappa shape index (κ1) is 29.5. The van der Waals surface area contributed by atoms with Crippen molar-refractivity contribution >= 4 is 10.9 Å². The Balaban J connectivity index is 1.85. The van der Waals surface area contributed by atoms with Crippen molar-refractivity contribution in [3.63, 3.8) is 0 Å². The Labute approximate surface area is 239 Å². The number of rotatable bonds is 9. The van der Waals surface area contributed by atoms with Gasteiger partial charge in [0.15, 0.2) is 15.5 Å². The van der Waals surface area contributed by atoms with Crippen LogP contribution in [0.2, 0.25) is 0 Å². The van der Waals surface area contributed by atoms with E-state index in [4.69, 9.17) is 14.2 Å². The molecule has 0 N–H and O–H groups in total. The number of ether oxygens (including phenoxy) is 3. The molecule has 0 aromatic heterocycles. The Morgan fingerprint density at radius 2 is 0.975 bits per heavy atom. The van der Waals surface area contributed by atoms with Crippen molar-refractivity contribution in [3.8, 4) is 23.0 Å². The van der Waals surface area contributed by atoms with E-state index in [9.17, 15) is 8.78 Å². The molecule has 210 valence electrons. The molecule has 4 aromatic rings. The third-order valence-electron chi connectivity index (χ3n) is 6.54. The summed E-state index contributed by atoms with van der Waals surface area (Å²) in [7, 11) is -0.611. The van der Waals surface area contributed by atoms with Gasteiger partial charge in [-0.2, -0.15) is 0 Å². The monoisotopic (exact) mass is 563 g/mol. The third kappa shape index (κ3) is 7.16. The number of alkyl halides is 2. The summed E-state index contributed by atoms with van der Waals surface area (Å²) in [5.74, 6) is 2.41. The van der Waals surface area contributed by atoms with Gasteiger partial charge in [0.05, 0.1) is 0 Å². The van der Waals surface area contributed by atoms with Crippen LogP contribution in [0.25, 0.3) is 0 Å². The van der Waals surface area contributed by atoms with Gasteiger partial charge in [-0.15, -0.1) is 0 Å². The number of halogens is 2. The lowest BCUT2D eigenvalue weighted by Crippen LogP contribution is -2.14. The molecule has 40 heavy (non-hydrogen) atoms. The highest BCUT2D eigenvalue weighted by Gasteiger charge is 2.34. The van der Waals surface area contributed by atoms with E-state index in [1.165, 1.54) is 11.1 Å². The van der Waals surface area contributed by atoms with E-state index in [0.29, 0.717) is 11.5 Å². The van der Waals surface area contributed by atoms with Crippen LogP contribution < -0.4 is 14.2 Å². The highest BCUT2D eigenvalue weighted by atomic mass is 32.2. The fourth-order valence-corrected chi connectivity index (χ4v) is 6.38. The molecule has 0 atom stereocenters. The quantitative estimate of drug-likeness (QED) is 0.190. The van der Waals surface area contributed by atoms with Gasteiger partial charge in [0.25, 0.3) is 0 Å². The Morgan fingerprint density at radius 1 is 0.550 bits per heavy atom. The molecule has 0 spiro atoms. The molecular formula is C34H37F2O3S+. The Bertz CT molecular complexity index is 1340. The van der Waals surface area contributed by atoms with Crippen molar-refractivity contribution in [1.82, 2.24) is 0 Å². The summed E-state index contributed by atoms with van der Waals surface area (Å²) >= 11 is 0. The summed E-state index contributed by atoms with van der Waals surface area (Å²) < 4.78 is 42.3. The number of hydrogen-bond donors (Lipinski definition) is 0. The van der Waals surface area contributed by atoms with Crippen molar-refractivity contribution in [2.45, 2.75) is 67.1 Å². The molecular weight excluding hydrogens is 526 g/mol. The van der Waals surface area contributed by atoms with Crippen molar-refractivity contribution in [2.75, 3.05) is 13.7 Å². The van der Waals surface area contributed by atoms with E-state index in [1.807, 2.05) is 42.5 Å². The fourth-order valence-electron chi connectivity index (χ4n) is 4.23. The van der Waals surface area contributed by atoms with E-state index in [1.54, 1.807) is 24.3 Å². The predicted octanol–water partition coefficient (Wildman–Crippen LogP) is 9.78. The van der Waals surface area contributed by atoms with Gasteiger partial charge in [-0.05, 0) is 88.7 Å². The Hall–Kier alpha value is -3.51. The van der Waals surface area contributed by atoms with Gasteiger partial charge in [0.2, 0.25) is 18.6 Å². The predicted molar refractivity (Wildman–Crippen MR) is 159 cm³/mol. The van der Waals surface area contributed by atoms with Crippen LogP contribution in [-0.4, -0.2) is 13.7 Å². The Kier molecular flexibility index (Phi) is 9.09. The minimum atomic E-state index is -0.888. The number of hydrogen-bond acceptors (Lipinski definition) is 3. The second-order valence-electron chi connectivity index (χ2n) is 11.5. The molecule has 0 aliphatic heterocycles. The van der Waals surface area contributed by atoms with Crippen LogP contribution >= 0.6 is 0 Å². The molecule has 6 heteroatoms. The van der Waals surface area contributed by atoms with E-state index < -0.39 is 24.6 Å². The molecule has 0 fully saturated rings. The lowest BCUT2D eigenvalue weighted by Gasteiger charge is -2.22. The average molecular weight is 564 g/mol. The maximum absolute atomic E-state index is 12.8. The molecule has 0 unspecified atom stereocenters. The van der Waals surface area contributed by atoms with Crippen LogP contribution in [0.4, 0.5) is 8.78 Å². The summed E-state index contributed by atoms with van der Waals surface area (Å²) in [5.41, 5.74) is 2.36. The van der Waals surface area contributed by atoms with Crippen molar-refractivity contribution < 1.29 is 23.0 Å². The second-order valence-corrected chi connectivity index (χ2v) is 13.5. The van der Waals surface area contributed by atoms with E-state index in [2.05, 4.69) is 65.8 Å².